The highest BCUT2D eigenvalue weighted by molar-refractivity contribution is 6.62. The van der Waals surface area contributed by atoms with Gasteiger partial charge in [-0.25, -0.2) is 13.8 Å². The Morgan fingerprint density at radius 1 is 1.21 bits per heavy atom. The predicted octanol–water partition coefficient (Wildman–Crippen LogP) is 2.15. The molecule has 1 unspecified atom stereocenters. The average Bonchev–Trinajstić information content (AvgIpc) is 3.13. The molecule has 0 amide bonds. The molecule has 1 fully saturated rings. The second-order valence-electron chi connectivity index (χ2n) is 8.52. The Balaban J connectivity index is 1.84. The van der Waals surface area contributed by atoms with Gasteiger partial charge >= 0.3 is 7.12 Å². The maximum atomic E-state index is 14.8. The average molecular weight is 401 g/mol. The molecule has 0 spiro atoms. The van der Waals surface area contributed by atoms with Crippen molar-refractivity contribution in [2.24, 2.45) is 0 Å². The number of halogens is 2. The number of fused-ring (bicyclic) bond motifs is 1. The zero-order valence-corrected chi connectivity index (χ0v) is 16.7. The van der Waals surface area contributed by atoms with Gasteiger partial charge in [0.25, 0.3) is 0 Å². The number of nitrogen functional groups attached to an aromatic ring is 1. The Labute approximate surface area is 167 Å². The van der Waals surface area contributed by atoms with Gasteiger partial charge in [0.1, 0.15) is 23.3 Å². The fourth-order valence-corrected chi connectivity index (χ4v) is 3.75. The fourth-order valence-electron chi connectivity index (χ4n) is 3.75. The van der Waals surface area contributed by atoms with Crippen molar-refractivity contribution in [2.45, 2.75) is 44.3 Å². The monoisotopic (exact) mass is 401 g/mol. The van der Waals surface area contributed by atoms with Crippen LogP contribution in [0.5, 0.6) is 0 Å². The number of nitrogens with one attached hydrogen (secondary N) is 1. The molecule has 1 atom stereocenters. The number of aldehydes is 1. The Morgan fingerprint density at radius 3 is 2.48 bits per heavy atom. The molecule has 29 heavy (non-hydrogen) atoms. The van der Waals surface area contributed by atoms with Crippen molar-refractivity contribution in [1.29, 1.82) is 0 Å². The maximum absolute atomic E-state index is 14.8. The number of hydrogen-bond donors (Lipinski definition) is 2. The summed E-state index contributed by atoms with van der Waals surface area (Å²) in [6.45, 7) is 7.64. The quantitative estimate of drug-likeness (QED) is 0.466. The molecule has 2 aliphatic rings. The lowest BCUT2D eigenvalue weighted by Crippen LogP contribution is -2.41. The minimum absolute atomic E-state index is 0.0387. The van der Waals surface area contributed by atoms with Crippen LogP contribution in [0.3, 0.4) is 0 Å². The number of carbonyl (C=O) groups excluding carboxylic acids is 1. The van der Waals surface area contributed by atoms with Gasteiger partial charge in [-0.15, -0.1) is 0 Å². The highest BCUT2D eigenvalue weighted by atomic mass is 19.1. The number of nitrogens with zero attached hydrogens (tertiary/aromatic N) is 1. The standard InChI is InChI=1S/C20H22BF2N3O3/c1-18(2)19(3,4)29-21(28-18)11-7-12-17(25-8-11)26-9-20(12,10-27)15-13(22)5-6-14(24)16(15)23/h5-8,10H,9,24H2,1-4H3,(H,25,26). The van der Waals surface area contributed by atoms with E-state index >= 15 is 0 Å². The number of benzene rings is 1. The summed E-state index contributed by atoms with van der Waals surface area (Å²) < 4.78 is 41.6. The van der Waals surface area contributed by atoms with Crippen molar-refractivity contribution in [3.8, 4) is 0 Å². The van der Waals surface area contributed by atoms with Crippen molar-refractivity contribution in [3.05, 3.63) is 47.2 Å². The number of aromatic nitrogens is 1. The zero-order valence-electron chi connectivity index (χ0n) is 16.7. The number of hydrogen-bond acceptors (Lipinski definition) is 6. The SMILES string of the molecule is CC1(C)OB(c2cnc3c(c2)C(C=O)(c2c(F)ccc(N)c2F)CN3)OC1(C)C. The molecule has 2 aliphatic heterocycles. The molecule has 3 N–H and O–H groups in total. The Bertz CT molecular complexity index is 999. The summed E-state index contributed by atoms with van der Waals surface area (Å²) >= 11 is 0. The van der Waals surface area contributed by atoms with Gasteiger partial charge in [0.05, 0.1) is 16.9 Å². The van der Waals surface area contributed by atoms with Crippen molar-refractivity contribution in [1.82, 2.24) is 4.98 Å². The smallest absolute Gasteiger partial charge is 0.399 e. The van der Waals surface area contributed by atoms with E-state index in [4.69, 9.17) is 15.0 Å². The first-order chi connectivity index (χ1) is 13.5. The molecule has 6 nitrogen and oxygen atoms in total. The van der Waals surface area contributed by atoms with Crippen LogP contribution in [0.1, 0.15) is 38.8 Å². The van der Waals surface area contributed by atoms with Crippen LogP contribution in [0, 0.1) is 11.6 Å². The van der Waals surface area contributed by atoms with Crippen LogP contribution in [0.4, 0.5) is 20.3 Å². The van der Waals surface area contributed by atoms with Crippen molar-refractivity contribution < 1.29 is 22.9 Å². The molecule has 4 rings (SSSR count). The topological polar surface area (TPSA) is 86.5 Å². The summed E-state index contributed by atoms with van der Waals surface area (Å²) in [5.74, 6) is -1.43. The van der Waals surface area contributed by atoms with Crippen LogP contribution in [0.15, 0.2) is 24.4 Å². The molecular weight excluding hydrogens is 379 g/mol. The summed E-state index contributed by atoms with van der Waals surface area (Å²) in [6.07, 6.45) is 2.10. The second-order valence-corrected chi connectivity index (χ2v) is 8.52. The van der Waals surface area contributed by atoms with Gasteiger partial charge in [0.15, 0.2) is 5.82 Å². The number of nitrogens with two attached hydrogens (primary N) is 1. The Hall–Kier alpha value is -2.52. The minimum Gasteiger partial charge on any atom is -0.399 e. The van der Waals surface area contributed by atoms with Gasteiger partial charge in [0.2, 0.25) is 0 Å². The number of anilines is 2. The van der Waals surface area contributed by atoms with Gasteiger partial charge in [-0.1, -0.05) is 6.07 Å². The van der Waals surface area contributed by atoms with Gasteiger partial charge in [-0.3, -0.25) is 0 Å². The molecule has 1 saturated heterocycles. The summed E-state index contributed by atoms with van der Waals surface area (Å²) in [4.78, 5) is 16.6. The number of rotatable bonds is 3. The predicted molar refractivity (Wildman–Crippen MR) is 106 cm³/mol. The van der Waals surface area contributed by atoms with Gasteiger partial charge < -0.3 is 25.2 Å². The van der Waals surface area contributed by atoms with E-state index in [1.165, 1.54) is 0 Å². The molecule has 0 saturated carbocycles. The minimum atomic E-state index is -1.61. The summed E-state index contributed by atoms with van der Waals surface area (Å²) in [5, 5.41) is 2.97. The first-order valence-electron chi connectivity index (χ1n) is 9.32. The van der Waals surface area contributed by atoms with Crippen LogP contribution < -0.4 is 16.5 Å². The van der Waals surface area contributed by atoms with Crippen LogP contribution in [-0.4, -0.2) is 36.1 Å². The van der Waals surface area contributed by atoms with Crippen LogP contribution in [0.25, 0.3) is 0 Å². The molecule has 0 bridgehead atoms. The highest BCUT2D eigenvalue weighted by Gasteiger charge is 2.53. The van der Waals surface area contributed by atoms with Crippen molar-refractivity contribution in [3.63, 3.8) is 0 Å². The van der Waals surface area contributed by atoms with Gasteiger partial charge in [-0.2, -0.15) is 0 Å². The third-order valence-corrected chi connectivity index (χ3v) is 6.22. The Morgan fingerprint density at radius 2 is 1.86 bits per heavy atom. The summed E-state index contributed by atoms with van der Waals surface area (Å²) in [5.41, 5.74) is 3.19. The van der Waals surface area contributed by atoms with Gasteiger partial charge in [-0.05, 0) is 39.8 Å². The number of pyridine rings is 1. The van der Waals surface area contributed by atoms with E-state index < -0.39 is 40.9 Å². The third-order valence-electron chi connectivity index (χ3n) is 6.22. The van der Waals surface area contributed by atoms with Crippen LogP contribution in [-0.2, 0) is 19.5 Å². The molecule has 0 aliphatic carbocycles. The first-order valence-corrected chi connectivity index (χ1v) is 9.32. The number of carbonyl (C=O) groups is 1. The summed E-state index contributed by atoms with van der Waals surface area (Å²) in [6, 6.07) is 3.85. The van der Waals surface area contributed by atoms with Crippen molar-refractivity contribution in [2.75, 3.05) is 17.6 Å². The van der Waals surface area contributed by atoms with E-state index in [2.05, 4.69) is 10.3 Å². The molecule has 2 aromatic rings. The highest BCUT2D eigenvalue weighted by Crippen LogP contribution is 2.43. The van der Waals surface area contributed by atoms with E-state index in [1.54, 1.807) is 12.3 Å². The normalized spacial score (nSPS) is 24.3. The third kappa shape index (κ3) is 2.75. The molecule has 3 heterocycles. The molecule has 9 heteroatoms. The first kappa shape index (κ1) is 19.8. The van der Waals surface area contributed by atoms with E-state index in [0.29, 0.717) is 23.1 Å². The molecule has 152 valence electrons. The van der Waals surface area contributed by atoms with Crippen molar-refractivity contribution >= 4 is 30.4 Å². The van der Waals surface area contributed by atoms with Crippen LogP contribution >= 0.6 is 0 Å². The van der Waals surface area contributed by atoms with E-state index in [9.17, 15) is 13.6 Å². The maximum Gasteiger partial charge on any atom is 0.496 e. The lowest BCUT2D eigenvalue weighted by Gasteiger charge is -2.32. The zero-order chi connectivity index (χ0) is 21.2. The van der Waals surface area contributed by atoms with E-state index in [1.807, 2.05) is 27.7 Å². The largest absolute Gasteiger partial charge is 0.496 e. The molecule has 0 radical (unpaired) electrons. The Kier molecular flexibility index (Phi) is 4.26. The lowest BCUT2D eigenvalue weighted by molar-refractivity contribution is -0.111. The van der Waals surface area contributed by atoms with E-state index in [-0.39, 0.29) is 12.2 Å². The second kappa shape index (κ2) is 6.24. The fraction of sp³-hybridized carbons (Fsp3) is 0.400. The van der Waals surface area contributed by atoms with Gasteiger partial charge in [0, 0.05) is 29.3 Å². The molecule has 1 aromatic carbocycles. The lowest BCUT2D eigenvalue weighted by atomic mass is 9.73. The molecular formula is C20H22BF2N3O3. The summed E-state index contributed by atoms with van der Waals surface area (Å²) in [7, 11) is -0.724. The molecule has 1 aromatic heterocycles. The van der Waals surface area contributed by atoms with E-state index in [0.717, 1.165) is 12.1 Å². The van der Waals surface area contributed by atoms with Crippen LogP contribution in [0.2, 0.25) is 0 Å².